The van der Waals surface area contributed by atoms with E-state index in [-0.39, 0.29) is 11.9 Å². The van der Waals surface area contributed by atoms with E-state index in [1.54, 1.807) is 6.92 Å². The van der Waals surface area contributed by atoms with E-state index < -0.39 is 12.1 Å². The monoisotopic (exact) mass is 415 g/mol. The summed E-state index contributed by atoms with van der Waals surface area (Å²) in [7, 11) is 0. The van der Waals surface area contributed by atoms with Crippen LogP contribution in [0.2, 0.25) is 0 Å². The molecule has 1 aromatic rings. The molecule has 0 bridgehead atoms. The van der Waals surface area contributed by atoms with E-state index in [4.69, 9.17) is 0 Å². The number of imide groups is 1. The minimum absolute atomic E-state index is 0.195. The average molecular weight is 415 g/mol. The molecule has 0 radical (unpaired) electrons. The van der Waals surface area contributed by atoms with Crippen molar-refractivity contribution in [1.82, 2.24) is 10.6 Å². The molecule has 1 saturated carbocycles. The predicted molar refractivity (Wildman–Crippen MR) is 95.8 cm³/mol. The van der Waals surface area contributed by atoms with Crippen LogP contribution in [0, 0.1) is 3.57 Å². The van der Waals surface area contributed by atoms with Crippen molar-refractivity contribution >= 4 is 40.2 Å². The summed E-state index contributed by atoms with van der Waals surface area (Å²) in [5, 5.41) is 8.36. The van der Waals surface area contributed by atoms with Crippen LogP contribution >= 0.6 is 22.6 Å². The van der Waals surface area contributed by atoms with Crippen molar-refractivity contribution in [1.29, 1.82) is 0 Å². The maximum absolute atomic E-state index is 12.0. The Morgan fingerprint density at radius 1 is 1.14 bits per heavy atom. The van der Waals surface area contributed by atoms with Crippen LogP contribution in [0.5, 0.6) is 0 Å². The molecule has 0 saturated heterocycles. The Labute approximate surface area is 144 Å². The van der Waals surface area contributed by atoms with Gasteiger partial charge in [0.05, 0.1) is 0 Å². The van der Waals surface area contributed by atoms with E-state index in [9.17, 15) is 9.59 Å². The Morgan fingerprint density at radius 2 is 1.77 bits per heavy atom. The molecule has 0 spiro atoms. The molecular formula is C16H22IN3O2. The number of carbonyl (C=O) groups is 2. The van der Waals surface area contributed by atoms with E-state index in [2.05, 4.69) is 38.5 Å². The van der Waals surface area contributed by atoms with Gasteiger partial charge in [-0.25, -0.2) is 4.79 Å². The second-order valence-corrected chi connectivity index (χ2v) is 6.92. The number of amides is 3. The van der Waals surface area contributed by atoms with Crippen LogP contribution in [0.1, 0.15) is 39.0 Å². The van der Waals surface area contributed by atoms with Crippen LogP contribution in [0.3, 0.4) is 0 Å². The Balaban J connectivity index is 1.77. The largest absolute Gasteiger partial charge is 0.374 e. The summed E-state index contributed by atoms with van der Waals surface area (Å²) in [6.07, 6.45) is 5.51. The van der Waals surface area contributed by atoms with E-state index in [1.807, 2.05) is 24.3 Å². The number of carbonyl (C=O) groups excluding carboxylic acids is 2. The first-order valence-electron chi connectivity index (χ1n) is 7.68. The lowest BCUT2D eigenvalue weighted by Crippen LogP contribution is -2.49. The fraction of sp³-hybridized carbons (Fsp3) is 0.500. The second kappa shape index (κ2) is 8.36. The molecule has 3 amide bonds. The Morgan fingerprint density at radius 3 is 2.41 bits per heavy atom. The van der Waals surface area contributed by atoms with Crippen molar-refractivity contribution in [2.24, 2.45) is 0 Å². The summed E-state index contributed by atoms with van der Waals surface area (Å²) in [5.74, 6) is -0.327. The van der Waals surface area contributed by atoms with Gasteiger partial charge in [0.15, 0.2) is 0 Å². The number of benzene rings is 1. The van der Waals surface area contributed by atoms with Gasteiger partial charge in [-0.05, 0) is 66.6 Å². The molecule has 1 fully saturated rings. The lowest BCUT2D eigenvalue weighted by Gasteiger charge is -2.23. The van der Waals surface area contributed by atoms with Crippen LogP contribution in [0.4, 0.5) is 10.5 Å². The van der Waals surface area contributed by atoms with Crippen LogP contribution in [-0.4, -0.2) is 24.0 Å². The smallest absolute Gasteiger partial charge is 0.321 e. The first-order chi connectivity index (χ1) is 10.5. The summed E-state index contributed by atoms with van der Waals surface area (Å²) in [4.78, 5) is 23.9. The van der Waals surface area contributed by atoms with Gasteiger partial charge in [0.2, 0.25) is 5.91 Å². The zero-order chi connectivity index (χ0) is 15.9. The highest BCUT2D eigenvalue weighted by molar-refractivity contribution is 14.1. The zero-order valence-electron chi connectivity index (χ0n) is 12.7. The van der Waals surface area contributed by atoms with Crippen LogP contribution in [-0.2, 0) is 4.79 Å². The van der Waals surface area contributed by atoms with Crippen molar-refractivity contribution in [2.45, 2.75) is 51.1 Å². The molecule has 1 aliphatic rings. The molecule has 120 valence electrons. The van der Waals surface area contributed by atoms with Crippen molar-refractivity contribution < 1.29 is 9.59 Å². The van der Waals surface area contributed by atoms with Gasteiger partial charge in [-0.2, -0.15) is 0 Å². The van der Waals surface area contributed by atoms with E-state index in [0.717, 1.165) is 34.9 Å². The molecule has 1 aliphatic carbocycles. The fourth-order valence-electron chi connectivity index (χ4n) is 2.55. The summed E-state index contributed by atoms with van der Waals surface area (Å²) < 4.78 is 1.13. The third-order valence-electron chi connectivity index (χ3n) is 3.80. The molecule has 0 aromatic heterocycles. The lowest BCUT2D eigenvalue weighted by molar-refractivity contribution is -0.120. The van der Waals surface area contributed by atoms with Crippen molar-refractivity contribution in [3.63, 3.8) is 0 Å². The topological polar surface area (TPSA) is 70.2 Å². The number of hydrogen-bond acceptors (Lipinski definition) is 3. The van der Waals surface area contributed by atoms with Crippen LogP contribution < -0.4 is 16.0 Å². The van der Waals surface area contributed by atoms with E-state index >= 15 is 0 Å². The number of rotatable bonds is 4. The molecule has 5 nitrogen and oxygen atoms in total. The molecule has 1 aromatic carbocycles. The minimum atomic E-state index is -0.475. The van der Waals surface area contributed by atoms with Gasteiger partial charge in [-0.15, -0.1) is 0 Å². The maximum Gasteiger partial charge on any atom is 0.321 e. The predicted octanol–water partition coefficient (Wildman–Crippen LogP) is 3.25. The highest BCUT2D eigenvalue weighted by Crippen LogP contribution is 2.17. The molecule has 1 atom stereocenters. The summed E-state index contributed by atoms with van der Waals surface area (Å²) in [5.41, 5.74) is 0.857. The number of halogens is 1. The van der Waals surface area contributed by atoms with Crippen molar-refractivity contribution in [3.05, 3.63) is 27.8 Å². The van der Waals surface area contributed by atoms with Gasteiger partial charge in [0.25, 0.3) is 0 Å². The SMILES string of the molecule is C[C@H](Nc1ccc(I)cc1)C(=O)NC(=O)NC1CCCCC1. The number of hydrogen-bond donors (Lipinski definition) is 3. The lowest BCUT2D eigenvalue weighted by atomic mass is 9.96. The van der Waals surface area contributed by atoms with E-state index in [1.165, 1.54) is 6.42 Å². The summed E-state index contributed by atoms with van der Waals surface area (Å²) in [6.45, 7) is 1.74. The quantitative estimate of drug-likeness (QED) is 0.662. The highest BCUT2D eigenvalue weighted by Gasteiger charge is 2.19. The molecule has 6 heteroatoms. The molecular weight excluding hydrogens is 393 g/mol. The van der Waals surface area contributed by atoms with Gasteiger partial charge < -0.3 is 10.6 Å². The molecule has 0 aliphatic heterocycles. The molecule has 0 unspecified atom stereocenters. The fourth-order valence-corrected chi connectivity index (χ4v) is 2.91. The Kier molecular flexibility index (Phi) is 6.48. The van der Waals surface area contributed by atoms with Crippen LogP contribution in [0.25, 0.3) is 0 Å². The molecule has 0 heterocycles. The van der Waals surface area contributed by atoms with Gasteiger partial charge in [0.1, 0.15) is 6.04 Å². The third kappa shape index (κ3) is 5.47. The zero-order valence-corrected chi connectivity index (χ0v) is 14.9. The summed E-state index contributed by atoms with van der Waals surface area (Å²) in [6, 6.07) is 7.07. The number of anilines is 1. The van der Waals surface area contributed by atoms with Gasteiger partial charge in [-0.1, -0.05) is 19.3 Å². The first-order valence-corrected chi connectivity index (χ1v) is 8.76. The Bertz CT molecular complexity index is 513. The number of urea groups is 1. The molecule has 3 N–H and O–H groups in total. The van der Waals surface area contributed by atoms with Crippen molar-refractivity contribution in [3.8, 4) is 0 Å². The maximum atomic E-state index is 12.0. The Hall–Kier alpha value is -1.31. The molecule has 22 heavy (non-hydrogen) atoms. The summed E-state index contributed by atoms with van der Waals surface area (Å²) >= 11 is 2.23. The van der Waals surface area contributed by atoms with E-state index in [0.29, 0.717) is 0 Å². The number of nitrogens with one attached hydrogen (secondary N) is 3. The standard InChI is InChI=1S/C16H22IN3O2/c1-11(18-14-9-7-12(17)8-10-14)15(21)20-16(22)19-13-5-3-2-4-6-13/h7-11,13,18H,2-6H2,1H3,(H2,19,20,21,22)/t11-/m0/s1. The first kappa shape index (κ1) is 17.1. The average Bonchev–Trinajstić information content (AvgIpc) is 2.50. The second-order valence-electron chi connectivity index (χ2n) is 5.67. The van der Waals surface area contributed by atoms with Gasteiger partial charge >= 0.3 is 6.03 Å². The third-order valence-corrected chi connectivity index (χ3v) is 4.52. The van der Waals surface area contributed by atoms with Gasteiger partial charge in [0, 0.05) is 15.3 Å². The van der Waals surface area contributed by atoms with Crippen LogP contribution in [0.15, 0.2) is 24.3 Å². The normalized spacial score (nSPS) is 16.6. The van der Waals surface area contributed by atoms with Gasteiger partial charge in [-0.3, -0.25) is 10.1 Å². The minimum Gasteiger partial charge on any atom is -0.374 e. The molecule has 2 rings (SSSR count). The highest BCUT2D eigenvalue weighted by atomic mass is 127. The van der Waals surface area contributed by atoms with Crippen molar-refractivity contribution in [2.75, 3.05) is 5.32 Å².